The molecule has 5 heteroatoms. The van der Waals surface area contributed by atoms with Gasteiger partial charge in [0.1, 0.15) is 5.69 Å². The monoisotopic (exact) mass is 261 g/mol. The van der Waals surface area contributed by atoms with Crippen molar-refractivity contribution >= 4 is 0 Å². The average Bonchev–Trinajstić information content (AvgIpc) is 2.34. The van der Waals surface area contributed by atoms with Crippen LogP contribution in [0.3, 0.4) is 0 Å². The number of rotatable bonds is 5. The summed E-state index contributed by atoms with van der Waals surface area (Å²) >= 11 is 0. The van der Waals surface area contributed by atoms with Crippen LogP contribution in [-0.2, 0) is 6.18 Å². The smallest absolute Gasteiger partial charge is 0.433 e. The topological polar surface area (TPSA) is 22.1 Å². The van der Waals surface area contributed by atoms with Crippen molar-refractivity contribution in [3.63, 3.8) is 0 Å². The molecular weight excluding hydrogens is 243 g/mol. The Morgan fingerprint density at radius 3 is 2.39 bits per heavy atom. The fourth-order valence-corrected chi connectivity index (χ4v) is 2.01. The Bertz CT molecular complexity index is 390. The van der Waals surface area contributed by atoms with Crippen LogP contribution < -0.4 is 4.74 Å². The van der Waals surface area contributed by atoms with Gasteiger partial charge in [0.05, 0.1) is 7.11 Å². The number of hydrogen-bond acceptors (Lipinski definition) is 2. The molecule has 0 amide bonds. The number of alkyl halides is 3. The van der Waals surface area contributed by atoms with E-state index in [1.807, 2.05) is 13.8 Å². The first-order chi connectivity index (χ1) is 8.43. The van der Waals surface area contributed by atoms with E-state index in [4.69, 9.17) is 4.74 Å². The normalized spacial score (nSPS) is 13.4. The van der Waals surface area contributed by atoms with Crippen LogP contribution in [0.4, 0.5) is 13.2 Å². The Balaban J connectivity index is 3.14. The van der Waals surface area contributed by atoms with Gasteiger partial charge in [0.15, 0.2) is 0 Å². The quantitative estimate of drug-likeness (QED) is 0.783. The Hall–Kier alpha value is -1.26. The predicted octanol–water partition coefficient (Wildman–Crippen LogP) is 4.40. The van der Waals surface area contributed by atoms with Gasteiger partial charge in [0.2, 0.25) is 5.88 Å². The molecule has 18 heavy (non-hydrogen) atoms. The van der Waals surface area contributed by atoms with E-state index in [-0.39, 0.29) is 11.8 Å². The van der Waals surface area contributed by atoms with Crippen molar-refractivity contribution < 1.29 is 17.9 Å². The molecule has 0 saturated carbocycles. The second-order valence-corrected chi connectivity index (χ2v) is 4.19. The second-order valence-electron chi connectivity index (χ2n) is 4.19. The molecule has 1 aromatic heterocycles. The maximum absolute atomic E-state index is 12.5. The zero-order valence-electron chi connectivity index (χ0n) is 10.8. The third kappa shape index (κ3) is 3.37. The Kier molecular flexibility index (Phi) is 4.99. The van der Waals surface area contributed by atoms with Crippen molar-refractivity contribution in [3.8, 4) is 5.88 Å². The molecule has 1 unspecified atom stereocenters. The Labute approximate surface area is 105 Å². The first-order valence-electron chi connectivity index (χ1n) is 6.06. The lowest BCUT2D eigenvalue weighted by Gasteiger charge is -2.18. The molecular formula is C13H18F3NO. The summed E-state index contributed by atoms with van der Waals surface area (Å²) < 4.78 is 42.6. The maximum atomic E-state index is 12.5. The highest BCUT2D eigenvalue weighted by atomic mass is 19.4. The Morgan fingerprint density at radius 1 is 1.28 bits per heavy atom. The molecule has 0 saturated heterocycles. The molecule has 1 rings (SSSR count). The summed E-state index contributed by atoms with van der Waals surface area (Å²) in [5.74, 6) is 0.282. The summed E-state index contributed by atoms with van der Waals surface area (Å²) in [5.41, 5.74) is -0.149. The highest BCUT2D eigenvalue weighted by molar-refractivity contribution is 5.32. The van der Waals surface area contributed by atoms with Crippen LogP contribution in [0.25, 0.3) is 0 Å². The van der Waals surface area contributed by atoms with Crippen LogP contribution in [0.5, 0.6) is 5.88 Å². The van der Waals surface area contributed by atoms with Crippen molar-refractivity contribution in [1.29, 1.82) is 0 Å². The lowest BCUT2D eigenvalue weighted by atomic mass is 9.92. The first kappa shape index (κ1) is 14.8. The van der Waals surface area contributed by atoms with E-state index in [1.165, 1.54) is 13.2 Å². The van der Waals surface area contributed by atoms with Crippen LogP contribution in [0.1, 0.15) is 50.3 Å². The van der Waals surface area contributed by atoms with E-state index in [0.717, 1.165) is 30.9 Å². The third-order valence-corrected chi connectivity index (χ3v) is 2.94. The van der Waals surface area contributed by atoms with Gasteiger partial charge in [-0.3, -0.25) is 0 Å². The summed E-state index contributed by atoms with van der Waals surface area (Å²) in [5, 5.41) is 0. The minimum atomic E-state index is -4.43. The lowest BCUT2D eigenvalue weighted by molar-refractivity contribution is -0.141. The summed E-state index contributed by atoms with van der Waals surface area (Å²) in [6, 6.07) is 2.51. The van der Waals surface area contributed by atoms with Crippen LogP contribution >= 0.6 is 0 Å². The van der Waals surface area contributed by atoms with Crippen molar-refractivity contribution in [2.24, 2.45) is 0 Å². The molecule has 0 aliphatic carbocycles. The fraction of sp³-hybridized carbons (Fsp3) is 0.615. The molecule has 0 spiro atoms. The largest absolute Gasteiger partial charge is 0.481 e. The van der Waals surface area contributed by atoms with Gasteiger partial charge in [-0.25, -0.2) is 4.98 Å². The minimum absolute atomic E-state index is 0.0881. The molecule has 0 aliphatic heterocycles. The molecule has 0 fully saturated rings. The molecule has 1 aromatic rings. The van der Waals surface area contributed by atoms with E-state index in [1.54, 1.807) is 0 Å². The molecule has 0 radical (unpaired) electrons. The molecule has 1 heterocycles. The zero-order valence-corrected chi connectivity index (χ0v) is 10.8. The number of halogens is 3. The van der Waals surface area contributed by atoms with E-state index < -0.39 is 11.9 Å². The van der Waals surface area contributed by atoms with E-state index in [2.05, 4.69) is 4.98 Å². The fourth-order valence-electron chi connectivity index (χ4n) is 2.01. The molecule has 0 N–H and O–H groups in total. The average molecular weight is 261 g/mol. The molecule has 1 atom stereocenters. The van der Waals surface area contributed by atoms with Crippen molar-refractivity contribution in [2.75, 3.05) is 7.11 Å². The molecule has 0 bridgehead atoms. The van der Waals surface area contributed by atoms with Crippen LogP contribution in [-0.4, -0.2) is 12.1 Å². The summed E-state index contributed by atoms with van der Waals surface area (Å²) in [6.07, 6.45) is -1.68. The van der Waals surface area contributed by atoms with Crippen LogP contribution in [0, 0.1) is 0 Å². The van der Waals surface area contributed by atoms with Crippen LogP contribution in [0.2, 0.25) is 0 Å². The van der Waals surface area contributed by atoms with Crippen molar-refractivity contribution in [3.05, 3.63) is 23.4 Å². The number of hydrogen-bond donors (Lipinski definition) is 0. The van der Waals surface area contributed by atoms with Gasteiger partial charge in [-0.15, -0.1) is 0 Å². The van der Waals surface area contributed by atoms with Gasteiger partial charge < -0.3 is 4.74 Å². The number of pyridine rings is 1. The van der Waals surface area contributed by atoms with Gasteiger partial charge in [-0.2, -0.15) is 13.2 Å². The van der Waals surface area contributed by atoms with Crippen LogP contribution in [0.15, 0.2) is 12.1 Å². The molecule has 102 valence electrons. The van der Waals surface area contributed by atoms with E-state index >= 15 is 0 Å². The van der Waals surface area contributed by atoms with Gasteiger partial charge >= 0.3 is 6.18 Å². The lowest BCUT2D eigenvalue weighted by Crippen LogP contribution is -2.11. The number of nitrogens with zero attached hydrogens (tertiary/aromatic N) is 1. The Morgan fingerprint density at radius 2 is 1.94 bits per heavy atom. The standard InChI is InChI=1S/C13H18F3NO/c1-4-6-9(5-2)10-7-8-11(13(14,15)16)17-12(10)18-3/h7-9H,4-6H2,1-3H3. The highest BCUT2D eigenvalue weighted by Gasteiger charge is 2.33. The van der Waals surface area contributed by atoms with Gasteiger partial charge in [-0.05, 0) is 24.8 Å². The van der Waals surface area contributed by atoms with Gasteiger partial charge in [0, 0.05) is 5.56 Å². The zero-order chi connectivity index (χ0) is 13.8. The summed E-state index contributed by atoms with van der Waals surface area (Å²) in [6.45, 7) is 4.06. The summed E-state index contributed by atoms with van der Waals surface area (Å²) in [7, 11) is 1.35. The van der Waals surface area contributed by atoms with Gasteiger partial charge in [-0.1, -0.05) is 26.3 Å². The number of ether oxygens (including phenoxy) is 1. The van der Waals surface area contributed by atoms with Gasteiger partial charge in [0.25, 0.3) is 0 Å². The molecule has 0 aromatic carbocycles. The van der Waals surface area contributed by atoms with Crippen molar-refractivity contribution in [1.82, 2.24) is 4.98 Å². The maximum Gasteiger partial charge on any atom is 0.433 e. The number of aromatic nitrogens is 1. The molecule has 0 aliphatic rings. The molecule has 2 nitrogen and oxygen atoms in total. The third-order valence-electron chi connectivity index (χ3n) is 2.94. The van der Waals surface area contributed by atoms with E-state index in [0.29, 0.717) is 0 Å². The predicted molar refractivity (Wildman–Crippen MR) is 63.7 cm³/mol. The SMILES string of the molecule is CCCC(CC)c1ccc(C(F)(F)F)nc1OC. The highest BCUT2D eigenvalue weighted by Crippen LogP contribution is 2.35. The minimum Gasteiger partial charge on any atom is -0.481 e. The van der Waals surface area contributed by atoms with E-state index in [9.17, 15) is 13.2 Å². The second kappa shape index (κ2) is 6.07. The summed E-state index contributed by atoms with van der Waals surface area (Å²) in [4.78, 5) is 3.57. The first-order valence-corrected chi connectivity index (χ1v) is 6.06. The van der Waals surface area contributed by atoms with Crippen molar-refractivity contribution in [2.45, 2.75) is 45.2 Å². The number of methoxy groups -OCH3 is 1.